The van der Waals surface area contributed by atoms with Gasteiger partial charge in [0.1, 0.15) is 11.5 Å². The maximum absolute atomic E-state index is 13.0. The van der Waals surface area contributed by atoms with Gasteiger partial charge in [0.25, 0.3) is 5.91 Å². The minimum absolute atomic E-state index is 0.136. The normalized spacial score (nSPS) is 15.3. The van der Waals surface area contributed by atoms with E-state index in [1.54, 1.807) is 23.5 Å². The van der Waals surface area contributed by atoms with E-state index >= 15 is 0 Å². The number of thiophene rings is 1. The monoisotopic (exact) mass is 387 g/mol. The molecular formula is C20H22FN3O2S. The summed E-state index contributed by atoms with van der Waals surface area (Å²) in [6.45, 7) is 6.35. The predicted molar refractivity (Wildman–Crippen MR) is 105 cm³/mol. The number of halogens is 1. The molecule has 2 N–H and O–H groups in total. The van der Waals surface area contributed by atoms with Crippen molar-refractivity contribution in [3.63, 3.8) is 0 Å². The first-order chi connectivity index (χ1) is 13.1. The molecule has 1 amide bonds. The van der Waals surface area contributed by atoms with Gasteiger partial charge in [0.05, 0.1) is 23.4 Å². The summed E-state index contributed by atoms with van der Waals surface area (Å²) in [5, 5.41) is 2.95. The summed E-state index contributed by atoms with van der Waals surface area (Å²) in [6, 6.07) is 8.25. The standard InChI is InChI=1S/C20H22FN3O2S/c1-13-10-17-19(27-13)16(12-24-6-8-26-9-7-24)18(23-17)20(25)22-11-14-2-4-15(21)5-3-14/h2-5,10,23H,6-9,11-12H2,1H3,(H,22,25). The average molecular weight is 387 g/mol. The van der Waals surface area contributed by atoms with E-state index in [2.05, 4.69) is 28.2 Å². The molecule has 1 aliphatic rings. The van der Waals surface area contributed by atoms with Gasteiger partial charge in [-0.2, -0.15) is 0 Å². The second-order valence-electron chi connectivity index (χ2n) is 6.78. The lowest BCUT2D eigenvalue weighted by Crippen LogP contribution is -2.36. The van der Waals surface area contributed by atoms with E-state index in [1.807, 2.05) is 0 Å². The molecule has 1 aliphatic heterocycles. The molecule has 142 valence electrons. The molecule has 0 spiro atoms. The van der Waals surface area contributed by atoms with Crippen LogP contribution in [0.2, 0.25) is 0 Å². The van der Waals surface area contributed by atoms with Gasteiger partial charge in [-0.3, -0.25) is 9.69 Å². The fourth-order valence-corrected chi connectivity index (χ4v) is 4.36. The number of morpholine rings is 1. The Morgan fingerprint density at radius 1 is 1.30 bits per heavy atom. The van der Waals surface area contributed by atoms with E-state index in [4.69, 9.17) is 4.74 Å². The molecule has 1 aromatic carbocycles. The Labute approximate surface area is 161 Å². The molecule has 4 rings (SSSR count). The number of nitrogens with one attached hydrogen (secondary N) is 2. The van der Waals surface area contributed by atoms with E-state index < -0.39 is 0 Å². The van der Waals surface area contributed by atoms with Crippen LogP contribution in [-0.4, -0.2) is 42.1 Å². The Kier molecular flexibility index (Phi) is 5.24. The van der Waals surface area contributed by atoms with Crippen LogP contribution in [0.4, 0.5) is 4.39 Å². The van der Waals surface area contributed by atoms with Gasteiger partial charge in [-0.1, -0.05) is 12.1 Å². The SMILES string of the molecule is Cc1cc2[nH]c(C(=O)NCc3ccc(F)cc3)c(CN3CCOCC3)c2s1. The summed E-state index contributed by atoms with van der Waals surface area (Å²) < 4.78 is 19.6. The quantitative estimate of drug-likeness (QED) is 0.705. The van der Waals surface area contributed by atoms with E-state index in [0.29, 0.717) is 12.2 Å². The minimum atomic E-state index is -0.280. The Balaban J connectivity index is 1.55. The van der Waals surface area contributed by atoms with Crippen molar-refractivity contribution in [2.45, 2.75) is 20.0 Å². The highest BCUT2D eigenvalue weighted by atomic mass is 32.1. The summed E-state index contributed by atoms with van der Waals surface area (Å²) in [7, 11) is 0. The molecule has 0 radical (unpaired) electrons. The third-order valence-electron chi connectivity index (χ3n) is 4.77. The van der Waals surface area contributed by atoms with E-state index in [9.17, 15) is 9.18 Å². The van der Waals surface area contributed by atoms with Gasteiger partial charge in [0.2, 0.25) is 0 Å². The largest absolute Gasteiger partial charge is 0.379 e. The lowest BCUT2D eigenvalue weighted by atomic mass is 10.2. The van der Waals surface area contributed by atoms with Gasteiger partial charge in [-0.25, -0.2) is 4.39 Å². The molecule has 3 aromatic rings. The third kappa shape index (κ3) is 4.05. The third-order valence-corrected chi connectivity index (χ3v) is 5.88. The van der Waals surface area contributed by atoms with Crippen LogP contribution in [-0.2, 0) is 17.8 Å². The van der Waals surface area contributed by atoms with Crippen molar-refractivity contribution in [1.82, 2.24) is 15.2 Å². The van der Waals surface area contributed by atoms with Crippen molar-refractivity contribution in [2.75, 3.05) is 26.3 Å². The summed E-state index contributed by atoms with van der Waals surface area (Å²) in [6.07, 6.45) is 0. The zero-order valence-electron chi connectivity index (χ0n) is 15.2. The fraction of sp³-hybridized carbons (Fsp3) is 0.350. The van der Waals surface area contributed by atoms with Crippen LogP contribution < -0.4 is 5.32 Å². The van der Waals surface area contributed by atoms with Crippen LogP contribution in [0.1, 0.15) is 26.5 Å². The maximum Gasteiger partial charge on any atom is 0.268 e. The van der Waals surface area contributed by atoms with E-state index in [-0.39, 0.29) is 11.7 Å². The summed E-state index contributed by atoms with van der Waals surface area (Å²) in [5.41, 5.74) is 3.53. The first-order valence-electron chi connectivity index (χ1n) is 9.04. The molecule has 1 fully saturated rings. The molecule has 0 unspecified atom stereocenters. The zero-order valence-corrected chi connectivity index (χ0v) is 16.0. The van der Waals surface area contributed by atoms with Crippen LogP contribution in [0.15, 0.2) is 30.3 Å². The van der Waals surface area contributed by atoms with Gasteiger partial charge in [-0.15, -0.1) is 11.3 Å². The van der Waals surface area contributed by atoms with Crippen molar-refractivity contribution in [2.24, 2.45) is 0 Å². The number of rotatable bonds is 5. The number of carbonyl (C=O) groups is 1. The molecule has 27 heavy (non-hydrogen) atoms. The van der Waals surface area contributed by atoms with Crippen molar-refractivity contribution in [3.05, 3.63) is 57.8 Å². The predicted octanol–water partition coefficient (Wildman–Crippen LogP) is 3.44. The first kappa shape index (κ1) is 18.2. The van der Waals surface area contributed by atoms with Crippen LogP contribution in [0.5, 0.6) is 0 Å². The highest BCUT2D eigenvalue weighted by molar-refractivity contribution is 7.19. The Morgan fingerprint density at radius 2 is 2.04 bits per heavy atom. The number of aromatic amines is 1. The summed E-state index contributed by atoms with van der Waals surface area (Å²) in [4.78, 5) is 19.7. The highest BCUT2D eigenvalue weighted by Gasteiger charge is 2.22. The number of aromatic nitrogens is 1. The highest BCUT2D eigenvalue weighted by Crippen LogP contribution is 2.31. The Bertz CT molecular complexity index is 942. The molecule has 1 saturated heterocycles. The molecule has 3 heterocycles. The number of hydrogen-bond donors (Lipinski definition) is 2. The Hall–Kier alpha value is -2.22. The Morgan fingerprint density at radius 3 is 2.78 bits per heavy atom. The average Bonchev–Trinajstić information content (AvgIpc) is 3.19. The maximum atomic E-state index is 13.0. The second-order valence-corrected chi connectivity index (χ2v) is 8.03. The second kappa shape index (κ2) is 7.80. The summed E-state index contributed by atoms with van der Waals surface area (Å²) >= 11 is 1.71. The van der Waals surface area contributed by atoms with E-state index in [1.165, 1.54) is 17.0 Å². The lowest BCUT2D eigenvalue weighted by Gasteiger charge is -2.26. The number of benzene rings is 1. The lowest BCUT2D eigenvalue weighted by molar-refractivity contribution is 0.0342. The van der Waals surface area contributed by atoms with Crippen molar-refractivity contribution >= 4 is 27.5 Å². The van der Waals surface area contributed by atoms with E-state index in [0.717, 1.165) is 54.2 Å². The number of aryl methyl sites for hydroxylation is 1. The number of fused-ring (bicyclic) bond motifs is 1. The molecule has 7 heteroatoms. The van der Waals surface area contributed by atoms with Gasteiger partial charge in [0, 0.05) is 36.6 Å². The van der Waals surface area contributed by atoms with Gasteiger partial charge >= 0.3 is 0 Å². The molecule has 5 nitrogen and oxygen atoms in total. The number of ether oxygens (including phenoxy) is 1. The number of hydrogen-bond acceptors (Lipinski definition) is 4. The number of nitrogens with zero attached hydrogens (tertiary/aromatic N) is 1. The number of amides is 1. The smallest absolute Gasteiger partial charge is 0.268 e. The first-order valence-corrected chi connectivity index (χ1v) is 9.85. The van der Waals surface area contributed by atoms with Gasteiger partial charge in [-0.05, 0) is 30.7 Å². The summed E-state index contributed by atoms with van der Waals surface area (Å²) in [5.74, 6) is -0.415. The van der Waals surface area contributed by atoms with Crippen LogP contribution >= 0.6 is 11.3 Å². The zero-order chi connectivity index (χ0) is 18.8. The van der Waals surface area contributed by atoms with Gasteiger partial charge < -0.3 is 15.0 Å². The van der Waals surface area contributed by atoms with Crippen LogP contribution in [0, 0.1) is 12.7 Å². The molecule has 0 aliphatic carbocycles. The van der Waals surface area contributed by atoms with Crippen LogP contribution in [0.3, 0.4) is 0 Å². The molecule has 0 saturated carbocycles. The van der Waals surface area contributed by atoms with Crippen molar-refractivity contribution in [3.8, 4) is 0 Å². The van der Waals surface area contributed by atoms with Crippen molar-refractivity contribution in [1.29, 1.82) is 0 Å². The fourth-order valence-electron chi connectivity index (χ4n) is 3.36. The van der Waals surface area contributed by atoms with Crippen molar-refractivity contribution < 1.29 is 13.9 Å². The van der Waals surface area contributed by atoms with Gasteiger partial charge in [0.15, 0.2) is 0 Å². The molecular weight excluding hydrogens is 365 g/mol. The number of carbonyl (C=O) groups excluding carboxylic acids is 1. The topological polar surface area (TPSA) is 57.4 Å². The molecule has 0 atom stereocenters. The van der Waals surface area contributed by atoms with Crippen LogP contribution in [0.25, 0.3) is 10.2 Å². The molecule has 2 aromatic heterocycles. The molecule has 0 bridgehead atoms. The minimum Gasteiger partial charge on any atom is -0.379 e. The number of H-pyrrole nitrogens is 1.